The molecule has 102 valence electrons. The summed E-state index contributed by atoms with van der Waals surface area (Å²) in [5.41, 5.74) is 5.74. The van der Waals surface area contributed by atoms with E-state index in [9.17, 15) is 9.59 Å². The fourth-order valence-electron chi connectivity index (χ4n) is 3.32. The summed E-state index contributed by atoms with van der Waals surface area (Å²) in [4.78, 5) is 25.2. The van der Waals surface area contributed by atoms with Gasteiger partial charge in [0.05, 0.1) is 0 Å². The van der Waals surface area contributed by atoms with Crippen LogP contribution in [0.4, 0.5) is 0 Å². The van der Waals surface area contributed by atoms with Crippen LogP contribution in [0.1, 0.15) is 38.5 Å². The topological polar surface area (TPSA) is 83.6 Å². The molecule has 1 heterocycles. The molecule has 2 unspecified atom stereocenters. The van der Waals surface area contributed by atoms with Gasteiger partial charge in [-0.2, -0.15) is 0 Å². The minimum absolute atomic E-state index is 0.0232. The maximum Gasteiger partial charge on any atom is 0.326 e. The zero-order valence-corrected chi connectivity index (χ0v) is 10.7. The maximum absolute atomic E-state index is 12.5. The van der Waals surface area contributed by atoms with E-state index < -0.39 is 12.0 Å². The van der Waals surface area contributed by atoms with Crippen molar-refractivity contribution >= 4 is 11.9 Å². The van der Waals surface area contributed by atoms with Gasteiger partial charge in [0.25, 0.3) is 0 Å². The summed E-state index contributed by atoms with van der Waals surface area (Å²) in [6, 6.07) is -0.613. The molecule has 0 radical (unpaired) electrons. The van der Waals surface area contributed by atoms with Gasteiger partial charge in [-0.1, -0.05) is 12.8 Å². The number of amides is 1. The molecule has 5 nitrogen and oxygen atoms in total. The summed E-state index contributed by atoms with van der Waals surface area (Å²) in [7, 11) is 0. The Bertz CT molecular complexity index is 332. The third-order valence-electron chi connectivity index (χ3n) is 4.35. The Morgan fingerprint density at radius 2 is 1.89 bits per heavy atom. The Kier molecular flexibility index (Phi) is 4.22. The standard InChI is InChI=1S/C13H22N2O3/c14-8-9-4-1-2-5-10(9)12(16)15-7-3-6-11(15)13(17)18/h9-11H,1-8,14H2,(H,17,18)/t9?,10?,11-/m1/s1. The molecule has 1 aliphatic carbocycles. The number of carbonyl (C=O) groups is 2. The SMILES string of the molecule is NCC1CCCCC1C(=O)N1CCC[C@@H]1C(=O)O. The third-order valence-corrected chi connectivity index (χ3v) is 4.35. The number of hydrogen-bond acceptors (Lipinski definition) is 3. The quantitative estimate of drug-likeness (QED) is 0.781. The second-order valence-electron chi connectivity index (χ2n) is 5.41. The van der Waals surface area contributed by atoms with E-state index in [-0.39, 0.29) is 17.7 Å². The zero-order chi connectivity index (χ0) is 13.1. The van der Waals surface area contributed by atoms with Crippen LogP contribution in [0.2, 0.25) is 0 Å². The molecule has 3 atom stereocenters. The predicted molar refractivity (Wildman–Crippen MR) is 66.9 cm³/mol. The Morgan fingerprint density at radius 1 is 1.17 bits per heavy atom. The van der Waals surface area contributed by atoms with Gasteiger partial charge in [0.1, 0.15) is 6.04 Å². The molecule has 18 heavy (non-hydrogen) atoms. The predicted octanol–water partition coefficient (Wildman–Crippen LogP) is 0.827. The van der Waals surface area contributed by atoms with Crippen LogP contribution in [0.3, 0.4) is 0 Å². The lowest BCUT2D eigenvalue weighted by Gasteiger charge is -2.34. The molecule has 1 amide bonds. The van der Waals surface area contributed by atoms with E-state index >= 15 is 0 Å². The Hall–Kier alpha value is -1.10. The van der Waals surface area contributed by atoms with Crippen molar-refractivity contribution in [3.63, 3.8) is 0 Å². The van der Waals surface area contributed by atoms with Gasteiger partial charge in [0.15, 0.2) is 0 Å². The molecule has 1 saturated heterocycles. The molecule has 2 rings (SSSR count). The van der Waals surface area contributed by atoms with Crippen LogP contribution >= 0.6 is 0 Å². The molecule has 1 saturated carbocycles. The van der Waals surface area contributed by atoms with E-state index in [1.165, 1.54) is 0 Å². The minimum atomic E-state index is -0.874. The van der Waals surface area contributed by atoms with Crippen molar-refractivity contribution in [1.82, 2.24) is 4.90 Å². The summed E-state index contributed by atoms with van der Waals surface area (Å²) in [6.45, 7) is 1.12. The fraction of sp³-hybridized carbons (Fsp3) is 0.846. The number of carboxylic acids is 1. The molecule has 0 spiro atoms. The summed E-state index contributed by atoms with van der Waals surface area (Å²) >= 11 is 0. The van der Waals surface area contributed by atoms with E-state index in [2.05, 4.69) is 0 Å². The molecule has 0 aromatic rings. The van der Waals surface area contributed by atoms with Crippen LogP contribution in [0, 0.1) is 11.8 Å². The molecular formula is C13H22N2O3. The highest BCUT2D eigenvalue weighted by molar-refractivity contribution is 5.86. The van der Waals surface area contributed by atoms with Gasteiger partial charge in [-0.15, -0.1) is 0 Å². The number of aliphatic carboxylic acids is 1. The summed E-state index contributed by atoms with van der Waals surface area (Å²) in [5.74, 6) is -0.666. The van der Waals surface area contributed by atoms with E-state index in [0.717, 1.165) is 32.1 Å². The summed E-state index contributed by atoms with van der Waals surface area (Å²) in [6.07, 6.45) is 5.43. The van der Waals surface area contributed by atoms with Gasteiger partial charge >= 0.3 is 5.97 Å². The lowest BCUT2D eigenvalue weighted by Crippen LogP contribution is -2.46. The first-order valence-electron chi connectivity index (χ1n) is 6.88. The van der Waals surface area contributed by atoms with Gasteiger partial charge in [-0.3, -0.25) is 4.79 Å². The second kappa shape index (κ2) is 5.69. The van der Waals surface area contributed by atoms with E-state index in [0.29, 0.717) is 19.5 Å². The second-order valence-corrected chi connectivity index (χ2v) is 5.41. The number of nitrogens with zero attached hydrogens (tertiary/aromatic N) is 1. The average molecular weight is 254 g/mol. The summed E-state index contributed by atoms with van der Waals surface area (Å²) in [5, 5.41) is 9.14. The Labute approximate surface area is 107 Å². The highest BCUT2D eigenvalue weighted by atomic mass is 16.4. The number of carbonyl (C=O) groups excluding carboxylic acids is 1. The summed E-state index contributed by atoms with van der Waals surface area (Å²) < 4.78 is 0. The number of hydrogen-bond donors (Lipinski definition) is 2. The minimum Gasteiger partial charge on any atom is -0.480 e. The van der Waals surface area contributed by atoms with Crippen molar-refractivity contribution in [3.05, 3.63) is 0 Å². The Balaban J connectivity index is 2.07. The smallest absolute Gasteiger partial charge is 0.326 e. The molecule has 0 bridgehead atoms. The van der Waals surface area contributed by atoms with E-state index in [1.54, 1.807) is 4.90 Å². The van der Waals surface area contributed by atoms with Crippen molar-refractivity contribution in [1.29, 1.82) is 0 Å². The maximum atomic E-state index is 12.5. The molecule has 3 N–H and O–H groups in total. The van der Waals surface area contributed by atoms with Crippen LogP contribution in [0.25, 0.3) is 0 Å². The average Bonchev–Trinajstić information content (AvgIpc) is 2.87. The molecule has 0 aromatic carbocycles. The Morgan fingerprint density at radius 3 is 2.56 bits per heavy atom. The molecular weight excluding hydrogens is 232 g/mol. The number of nitrogens with two attached hydrogens (primary N) is 1. The number of likely N-dealkylation sites (tertiary alicyclic amines) is 1. The van der Waals surface area contributed by atoms with Gasteiger partial charge < -0.3 is 15.7 Å². The van der Waals surface area contributed by atoms with Crippen LogP contribution in [-0.4, -0.2) is 41.0 Å². The van der Waals surface area contributed by atoms with Crippen LogP contribution in [0.5, 0.6) is 0 Å². The monoisotopic (exact) mass is 254 g/mol. The van der Waals surface area contributed by atoms with Crippen LogP contribution < -0.4 is 5.73 Å². The largest absolute Gasteiger partial charge is 0.480 e. The van der Waals surface area contributed by atoms with Gasteiger partial charge in [0.2, 0.25) is 5.91 Å². The molecule has 2 aliphatic rings. The van der Waals surface area contributed by atoms with Gasteiger partial charge in [-0.25, -0.2) is 4.79 Å². The molecule has 1 aliphatic heterocycles. The normalized spacial score (nSPS) is 32.5. The van der Waals surface area contributed by atoms with E-state index in [4.69, 9.17) is 10.8 Å². The first-order chi connectivity index (χ1) is 8.65. The van der Waals surface area contributed by atoms with Crippen molar-refractivity contribution in [3.8, 4) is 0 Å². The molecule has 2 fully saturated rings. The number of rotatable bonds is 3. The lowest BCUT2D eigenvalue weighted by atomic mass is 9.78. The number of carboxylic acid groups (broad SMARTS) is 1. The molecule has 5 heteroatoms. The third kappa shape index (κ3) is 2.51. The highest BCUT2D eigenvalue weighted by Crippen LogP contribution is 2.32. The van der Waals surface area contributed by atoms with Crippen molar-refractivity contribution in [2.24, 2.45) is 17.6 Å². The first kappa shape index (κ1) is 13.3. The zero-order valence-electron chi connectivity index (χ0n) is 10.7. The molecule has 0 aromatic heterocycles. The van der Waals surface area contributed by atoms with Gasteiger partial charge in [0, 0.05) is 12.5 Å². The lowest BCUT2D eigenvalue weighted by molar-refractivity contribution is -0.151. The van der Waals surface area contributed by atoms with Crippen molar-refractivity contribution in [2.75, 3.05) is 13.1 Å². The van der Waals surface area contributed by atoms with Crippen molar-refractivity contribution in [2.45, 2.75) is 44.6 Å². The van der Waals surface area contributed by atoms with Crippen molar-refractivity contribution < 1.29 is 14.7 Å². The van der Waals surface area contributed by atoms with Gasteiger partial charge in [-0.05, 0) is 38.1 Å². The first-order valence-corrected chi connectivity index (χ1v) is 6.88. The van der Waals surface area contributed by atoms with Crippen LogP contribution in [0.15, 0.2) is 0 Å². The highest BCUT2D eigenvalue weighted by Gasteiger charge is 2.39. The van der Waals surface area contributed by atoms with E-state index in [1.807, 2.05) is 0 Å². The van der Waals surface area contributed by atoms with Crippen LogP contribution in [-0.2, 0) is 9.59 Å². The fourth-order valence-corrected chi connectivity index (χ4v) is 3.32.